The van der Waals surface area contributed by atoms with Gasteiger partial charge in [0.2, 0.25) is 11.8 Å². The first-order valence-corrected chi connectivity index (χ1v) is 7.83. The minimum atomic E-state index is -0.660. The van der Waals surface area contributed by atoms with Crippen LogP contribution in [0.1, 0.15) is 44.8 Å². The van der Waals surface area contributed by atoms with Gasteiger partial charge in [0, 0.05) is 5.92 Å². The predicted octanol–water partition coefficient (Wildman–Crippen LogP) is 0.858. The van der Waals surface area contributed by atoms with E-state index in [0.717, 1.165) is 19.3 Å². The Kier molecular flexibility index (Phi) is 5.18. The molecule has 1 aromatic rings. The number of aromatic nitrogens is 2. The first kappa shape index (κ1) is 16.9. The van der Waals surface area contributed by atoms with Crippen LogP contribution in [0.3, 0.4) is 0 Å². The van der Waals surface area contributed by atoms with E-state index in [0.29, 0.717) is 24.8 Å². The number of nitrogens with zero attached hydrogens (tertiary/aromatic N) is 3. The summed E-state index contributed by atoms with van der Waals surface area (Å²) in [7, 11) is 3.87. The van der Waals surface area contributed by atoms with Gasteiger partial charge in [0.1, 0.15) is 0 Å². The number of amides is 1. The lowest BCUT2D eigenvalue weighted by molar-refractivity contribution is -0.127. The fourth-order valence-electron chi connectivity index (χ4n) is 2.96. The van der Waals surface area contributed by atoms with Crippen molar-refractivity contribution in [2.24, 2.45) is 17.6 Å². The maximum absolute atomic E-state index is 12.5. The van der Waals surface area contributed by atoms with Crippen molar-refractivity contribution >= 4 is 5.91 Å². The lowest BCUT2D eigenvalue weighted by Crippen LogP contribution is -2.46. The van der Waals surface area contributed by atoms with E-state index in [1.54, 1.807) is 0 Å². The molecular weight excluding hydrogens is 282 g/mol. The van der Waals surface area contributed by atoms with Gasteiger partial charge in [-0.2, -0.15) is 4.98 Å². The van der Waals surface area contributed by atoms with E-state index in [4.69, 9.17) is 10.3 Å². The third kappa shape index (κ3) is 3.84. The predicted molar refractivity (Wildman–Crippen MR) is 82.7 cm³/mol. The molecule has 2 rings (SSSR count). The molecule has 22 heavy (non-hydrogen) atoms. The van der Waals surface area contributed by atoms with Crippen molar-refractivity contribution in [3.63, 3.8) is 0 Å². The molecule has 0 spiro atoms. The molecular formula is C15H27N5O2. The van der Waals surface area contributed by atoms with Crippen LogP contribution in [0.25, 0.3) is 0 Å². The van der Waals surface area contributed by atoms with E-state index in [2.05, 4.69) is 15.5 Å². The smallest absolute Gasteiger partial charge is 0.240 e. The van der Waals surface area contributed by atoms with E-state index in [-0.39, 0.29) is 17.7 Å². The molecule has 0 unspecified atom stereocenters. The van der Waals surface area contributed by atoms with Crippen LogP contribution in [0.2, 0.25) is 0 Å². The van der Waals surface area contributed by atoms with Gasteiger partial charge in [-0.05, 0) is 53.2 Å². The van der Waals surface area contributed by atoms with Crippen molar-refractivity contribution in [1.82, 2.24) is 20.4 Å². The van der Waals surface area contributed by atoms with Crippen LogP contribution in [0.5, 0.6) is 0 Å². The Morgan fingerprint density at radius 1 is 1.45 bits per heavy atom. The van der Waals surface area contributed by atoms with Crippen LogP contribution >= 0.6 is 0 Å². The number of nitrogens with two attached hydrogens (primary N) is 1. The van der Waals surface area contributed by atoms with E-state index < -0.39 is 5.54 Å². The summed E-state index contributed by atoms with van der Waals surface area (Å²) >= 11 is 0. The van der Waals surface area contributed by atoms with E-state index in [9.17, 15) is 4.79 Å². The summed E-state index contributed by atoms with van der Waals surface area (Å²) in [5.74, 6) is 1.36. The topological polar surface area (TPSA) is 97.3 Å². The molecule has 0 bridgehead atoms. The summed E-state index contributed by atoms with van der Waals surface area (Å²) in [6.07, 6.45) is 3.00. The number of hydrogen-bond acceptors (Lipinski definition) is 6. The van der Waals surface area contributed by atoms with Crippen LogP contribution < -0.4 is 11.1 Å². The van der Waals surface area contributed by atoms with Crippen molar-refractivity contribution < 1.29 is 9.32 Å². The zero-order valence-corrected chi connectivity index (χ0v) is 13.9. The SMILES string of the molecule is CN(C)Cc1nc(C(C)(C)NC(=O)[C@@H]2CCC[C@@H]2CN)no1. The van der Waals surface area contributed by atoms with Gasteiger partial charge in [-0.25, -0.2) is 0 Å². The number of carbonyl (C=O) groups is 1. The molecule has 1 amide bonds. The fourth-order valence-corrected chi connectivity index (χ4v) is 2.96. The van der Waals surface area contributed by atoms with Crippen LogP contribution in [-0.4, -0.2) is 41.6 Å². The molecule has 124 valence electrons. The fraction of sp³-hybridized carbons (Fsp3) is 0.800. The molecule has 1 fully saturated rings. The molecule has 1 heterocycles. The van der Waals surface area contributed by atoms with Crippen molar-refractivity contribution in [3.05, 3.63) is 11.7 Å². The highest BCUT2D eigenvalue weighted by atomic mass is 16.5. The third-order valence-corrected chi connectivity index (χ3v) is 4.21. The Morgan fingerprint density at radius 3 is 2.82 bits per heavy atom. The Balaban J connectivity index is 2.03. The largest absolute Gasteiger partial charge is 0.344 e. The maximum Gasteiger partial charge on any atom is 0.240 e. The molecule has 1 saturated carbocycles. The Morgan fingerprint density at radius 2 is 2.18 bits per heavy atom. The van der Waals surface area contributed by atoms with Gasteiger partial charge in [0.25, 0.3) is 0 Å². The first-order valence-electron chi connectivity index (χ1n) is 7.83. The van der Waals surface area contributed by atoms with Crippen LogP contribution in [0.15, 0.2) is 4.52 Å². The summed E-state index contributed by atoms with van der Waals surface area (Å²) in [6.45, 7) is 4.92. The van der Waals surface area contributed by atoms with Gasteiger partial charge in [0.05, 0.1) is 12.1 Å². The monoisotopic (exact) mass is 309 g/mol. The molecule has 7 heteroatoms. The molecule has 0 radical (unpaired) electrons. The van der Waals surface area contributed by atoms with Gasteiger partial charge >= 0.3 is 0 Å². The van der Waals surface area contributed by atoms with Crippen molar-refractivity contribution in [2.45, 2.75) is 45.2 Å². The van der Waals surface area contributed by atoms with Crippen LogP contribution in [0, 0.1) is 11.8 Å². The van der Waals surface area contributed by atoms with Gasteiger partial charge in [0.15, 0.2) is 5.82 Å². The summed E-state index contributed by atoms with van der Waals surface area (Å²) in [5.41, 5.74) is 5.10. The molecule has 1 aliphatic rings. The minimum Gasteiger partial charge on any atom is -0.344 e. The highest BCUT2D eigenvalue weighted by Gasteiger charge is 2.36. The Bertz CT molecular complexity index is 512. The number of carbonyl (C=O) groups excluding carboxylic acids is 1. The Hall–Kier alpha value is -1.47. The highest BCUT2D eigenvalue weighted by Crippen LogP contribution is 2.32. The quantitative estimate of drug-likeness (QED) is 0.809. The molecule has 7 nitrogen and oxygen atoms in total. The maximum atomic E-state index is 12.5. The normalized spacial score (nSPS) is 22.3. The Labute approximate surface area is 131 Å². The van der Waals surface area contributed by atoms with E-state index in [1.165, 1.54) is 0 Å². The second kappa shape index (κ2) is 6.75. The van der Waals surface area contributed by atoms with Crippen molar-refractivity contribution in [3.8, 4) is 0 Å². The molecule has 0 saturated heterocycles. The second-order valence-electron chi connectivity index (χ2n) is 6.90. The zero-order chi connectivity index (χ0) is 16.3. The average Bonchev–Trinajstić information content (AvgIpc) is 3.05. The molecule has 0 aliphatic heterocycles. The van der Waals surface area contributed by atoms with Crippen molar-refractivity contribution in [1.29, 1.82) is 0 Å². The third-order valence-electron chi connectivity index (χ3n) is 4.21. The lowest BCUT2D eigenvalue weighted by Gasteiger charge is -2.26. The average molecular weight is 309 g/mol. The molecule has 0 aromatic carbocycles. The summed E-state index contributed by atoms with van der Waals surface area (Å²) in [5, 5.41) is 7.06. The molecule has 1 aromatic heterocycles. The summed E-state index contributed by atoms with van der Waals surface area (Å²) in [4.78, 5) is 18.9. The molecule has 1 aliphatic carbocycles. The van der Waals surface area contributed by atoms with E-state index in [1.807, 2.05) is 32.8 Å². The van der Waals surface area contributed by atoms with Gasteiger partial charge in [-0.1, -0.05) is 11.6 Å². The highest BCUT2D eigenvalue weighted by molar-refractivity contribution is 5.80. The van der Waals surface area contributed by atoms with E-state index >= 15 is 0 Å². The summed E-state index contributed by atoms with van der Waals surface area (Å²) < 4.78 is 5.24. The minimum absolute atomic E-state index is 0.00239. The molecule has 3 N–H and O–H groups in total. The summed E-state index contributed by atoms with van der Waals surface area (Å²) in [6, 6.07) is 0. The zero-order valence-electron chi connectivity index (χ0n) is 13.9. The van der Waals surface area contributed by atoms with Gasteiger partial charge < -0.3 is 20.5 Å². The van der Waals surface area contributed by atoms with Crippen LogP contribution in [0.4, 0.5) is 0 Å². The van der Waals surface area contributed by atoms with Gasteiger partial charge in [-0.15, -0.1) is 0 Å². The number of nitrogens with one attached hydrogen (secondary N) is 1. The standard InChI is InChI=1S/C15H27N5O2/c1-15(2,14-17-12(22-19-14)9-20(3)4)18-13(21)11-7-5-6-10(11)8-16/h10-11H,5-9,16H2,1-4H3,(H,18,21)/t10-,11-/m1/s1. The van der Waals surface area contributed by atoms with Crippen molar-refractivity contribution in [2.75, 3.05) is 20.6 Å². The lowest BCUT2D eigenvalue weighted by atomic mass is 9.93. The number of hydrogen-bond donors (Lipinski definition) is 2. The first-order chi connectivity index (χ1) is 10.3. The van der Waals surface area contributed by atoms with Gasteiger partial charge in [-0.3, -0.25) is 4.79 Å². The molecule has 2 atom stereocenters. The van der Waals surface area contributed by atoms with Crippen LogP contribution in [-0.2, 0) is 16.9 Å². The second-order valence-corrected chi connectivity index (χ2v) is 6.90. The number of rotatable bonds is 6.